The highest BCUT2D eigenvalue weighted by Gasteiger charge is 2.34. The predicted octanol–water partition coefficient (Wildman–Crippen LogP) is 16.7. The minimum Gasteiger partial charge on any atom is -0.457 e. The van der Waals surface area contributed by atoms with Crippen molar-refractivity contribution >= 4 is 33.2 Å². The van der Waals surface area contributed by atoms with E-state index in [1.165, 1.54) is 55.5 Å². The fraction of sp³-hybridized carbons (Fsp3) is 0.393. The summed E-state index contributed by atoms with van der Waals surface area (Å²) in [5.41, 5.74) is 13.0. The highest BCUT2D eigenvalue weighted by Crippen LogP contribution is 2.45. The summed E-state index contributed by atoms with van der Waals surface area (Å²) < 4.78 is 9.43. The highest BCUT2D eigenvalue weighted by atomic mass is 16.5. The molecule has 5 nitrogen and oxygen atoms in total. The lowest BCUT2D eigenvalue weighted by Crippen LogP contribution is -2.31. The van der Waals surface area contributed by atoms with E-state index in [-0.39, 0.29) is 32.5 Å². The van der Waals surface area contributed by atoms with E-state index in [9.17, 15) is 0 Å². The topological polar surface area (TPSA) is 33.5 Å². The number of nitrogens with zero attached hydrogens (tertiary/aromatic N) is 4. The lowest BCUT2D eigenvalue weighted by Gasteiger charge is -2.34. The molecular formula is C61H74N4O. The maximum absolute atomic E-state index is 7.12. The van der Waals surface area contributed by atoms with Gasteiger partial charge in [-0.2, -0.15) is 0 Å². The van der Waals surface area contributed by atoms with Gasteiger partial charge in [0.1, 0.15) is 17.3 Å². The van der Waals surface area contributed by atoms with E-state index >= 15 is 0 Å². The molecule has 8 rings (SSSR count). The van der Waals surface area contributed by atoms with E-state index in [2.05, 4.69) is 254 Å². The molecule has 0 aliphatic carbocycles. The Kier molecular flexibility index (Phi) is 11.5. The summed E-state index contributed by atoms with van der Waals surface area (Å²) >= 11 is 0. The number of rotatable bonds is 7. The van der Waals surface area contributed by atoms with Crippen LogP contribution in [0.5, 0.6) is 11.5 Å². The Morgan fingerprint density at radius 2 is 1.05 bits per heavy atom. The fourth-order valence-corrected chi connectivity index (χ4v) is 9.21. The third kappa shape index (κ3) is 9.15. The van der Waals surface area contributed by atoms with Gasteiger partial charge in [0, 0.05) is 63.2 Å². The second kappa shape index (κ2) is 16.2. The number of fused-ring (bicyclic) bond motifs is 3. The molecule has 0 radical (unpaired) electrons. The zero-order valence-electron chi connectivity index (χ0n) is 43.0. The summed E-state index contributed by atoms with van der Waals surface area (Å²) in [6, 6.07) is 42.8. The number of hydrogen-bond acceptors (Lipinski definition) is 4. The third-order valence-corrected chi connectivity index (χ3v) is 13.7. The zero-order chi connectivity index (χ0) is 47.9. The molecule has 0 bridgehead atoms. The Bertz CT molecular complexity index is 2930. The molecule has 0 N–H and O–H groups in total. The maximum Gasteiger partial charge on any atom is 0.137 e. The maximum atomic E-state index is 7.12. The number of hydrogen-bond donors (Lipinski definition) is 0. The van der Waals surface area contributed by atoms with Crippen LogP contribution in [0, 0.1) is 5.41 Å². The van der Waals surface area contributed by atoms with Crippen LogP contribution in [0.15, 0.2) is 133 Å². The summed E-state index contributed by atoms with van der Waals surface area (Å²) in [6.45, 7) is 39.8. The molecule has 3 heterocycles. The molecule has 66 heavy (non-hydrogen) atoms. The van der Waals surface area contributed by atoms with E-state index < -0.39 is 0 Å². The number of allylic oxidation sites excluding steroid dienone is 1. The van der Waals surface area contributed by atoms with Crippen LogP contribution in [0.25, 0.3) is 27.6 Å². The van der Waals surface area contributed by atoms with Crippen LogP contribution in [0.3, 0.4) is 0 Å². The number of pyridine rings is 1. The molecule has 7 aromatic rings. The van der Waals surface area contributed by atoms with Crippen LogP contribution < -0.4 is 14.5 Å². The van der Waals surface area contributed by atoms with Gasteiger partial charge in [0.25, 0.3) is 0 Å². The molecular weight excluding hydrogens is 805 g/mol. The van der Waals surface area contributed by atoms with Crippen molar-refractivity contribution < 1.29 is 4.74 Å². The Hall–Kier alpha value is -5.81. The molecule has 5 heteroatoms. The summed E-state index contributed by atoms with van der Waals surface area (Å²) in [4.78, 5) is 9.94. The Morgan fingerprint density at radius 3 is 1.65 bits per heavy atom. The van der Waals surface area contributed by atoms with Crippen LogP contribution in [0.2, 0.25) is 0 Å². The first-order valence-electron chi connectivity index (χ1n) is 24.0. The van der Waals surface area contributed by atoms with Crippen molar-refractivity contribution in [3.8, 4) is 17.3 Å². The first-order valence-corrected chi connectivity index (χ1v) is 24.0. The molecule has 0 unspecified atom stereocenters. The molecule has 344 valence electrons. The largest absolute Gasteiger partial charge is 0.457 e. The smallest absolute Gasteiger partial charge is 0.137 e. The summed E-state index contributed by atoms with van der Waals surface area (Å²) in [5.74, 6) is 2.47. The van der Waals surface area contributed by atoms with Gasteiger partial charge in [-0.15, -0.1) is 0 Å². The van der Waals surface area contributed by atoms with Crippen LogP contribution >= 0.6 is 0 Å². The van der Waals surface area contributed by atoms with Crippen LogP contribution in [-0.2, 0) is 27.1 Å². The number of benzene rings is 5. The van der Waals surface area contributed by atoms with E-state index in [0.29, 0.717) is 6.67 Å². The quantitative estimate of drug-likeness (QED) is 0.160. The van der Waals surface area contributed by atoms with Gasteiger partial charge in [0.15, 0.2) is 0 Å². The summed E-state index contributed by atoms with van der Waals surface area (Å²) in [7, 11) is 0. The third-order valence-electron chi connectivity index (χ3n) is 13.7. The standard InChI is InChI=1S/C61H74N4O/c1-56(2,3)41-23-26-52-51(34-41)50-25-24-48(37-53(50)65(52)55-35-42(27-28-62-55)57(4,5)6)66-49-33-45(61(16,17)40-21-19-18-20-22-40)32-46(36-49)63-38-54(60(13,14)15)64(39-63)47-30-43(58(7,8)9)29-44(31-47)59(10,11)12/h18-38H,39H2,1-17H3. The van der Waals surface area contributed by atoms with E-state index in [1.54, 1.807) is 0 Å². The zero-order valence-corrected chi connectivity index (χ0v) is 43.0. The molecule has 1 aliphatic heterocycles. The van der Waals surface area contributed by atoms with Gasteiger partial charge in [-0.3, -0.25) is 4.57 Å². The molecule has 0 spiro atoms. The van der Waals surface area contributed by atoms with Gasteiger partial charge in [-0.05, 0) is 116 Å². The number of ether oxygens (including phenoxy) is 1. The molecule has 5 aromatic carbocycles. The minimum atomic E-state index is -0.307. The molecule has 0 fully saturated rings. The van der Waals surface area contributed by atoms with E-state index in [4.69, 9.17) is 9.72 Å². The van der Waals surface area contributed by atoms with Crippen LogP contribution in [0.4, 0.5) is 11.4 Å². The van der Waals surface area contributed by atoms with Gasteiger partial charge in [-0.25, -0.2) is 4.98 Å². The van der Waals surface area contributed by atoms with Crippen molar-refractivity contribution in [2.24, 2.45) is 5.41 Å². The van der Waals surface area contributed by atoms with Crippen molar-refractivity contribution in [3.63, 3.8) is 0 Å². The van der Waals surface area contributed by atoms with Crippen molar-refractivity contribution in [2.45, 2.75) is 145 Å². The van der Waals surface area contributed by atoms with Crippen LogP contribution in [0.1, 0.15) is 151 Å². The molecule has 0 saturated carbocycles. The second-order valence-corrected chi connectivity index (χ2v) is 24.5. The van der Waals surface area contributed by atoms with Crippen molar-refractivity contribution in [1.82, 2.24) is 9.55 Å². The van der Waals surface area contributed by atoms with E-state index in [1.807, 2.05) is 6.20 Å². The number of aromatic nitrogens is 2. The molecule has 0 atom stereocenters. The Labute approximate surface area is 396 Å². The Morgan fingerprint density at radius 1 is 0.439 bits per heavy atom. The van der Waals surface area contributed by atoms with Crippen LogP contribution in [-0.4, -0.2) is 16.2 Å². The lowest BCUT2D eigenvalue weighted by atomic mass is 9.78. The molecule has 2 aromatic heterocycles. The Balaban J connectivity index is 1.28. The van der Waals surface area contributed by atoms with Gasteiger partial charge in [0.05, 0.1) is 17.7 Å². The predicted molar refractivity (Wildman–Crippen MR) is 282 cm³/mol. The fourth-order valence-electron chi connectivity index (χ4n) is 9.21. The average Bonchev–Trinajstić information content (AvgIpc) is 3.83. The normalized spacial score (nSPS) is 14.4. The van der Waals surface area contributed by atoms with Crippen molar-refractivity contribution in [1.29, 1.82) is 0 Å². The first-order chi connectivity index (χ1) is 30.6. The van der Waals surface area contributed by atoms with Gasteiger partial charge >= 0.3 is 0 Å². The first kappa shape index (κ1) is 46.7. The van der Waals surface area contributed by atoms with Crippen molar-refractivity contribution in [2.75, 3.05) is 16.5 Å². The van der Waals surface area contributed by atoms with Gasteiger partial charge in [0.2, 0.25) is 0 Å². The molecule has 0 amide bonds. The SMILES string of the molecule is CC(C)(C)C1=CN(c2cc(Oc3ccc4c5cc(C(C)(C)C)ccc5n(-c5cc(C(C)(C)C)ccn5)c4c3)cc(C(C)(C)c3ccccc3)c2)CN1c1cc(C(C)(C)C)cc(C(C)(C)C)c1. The number of anilines is 2. The second-order valence-electron chi connectivity index (χ2n) is 24.5. The minimum absolute atomic E-state index is 0.00431. The monoisotopic (exact) mass is 879 g/mol. The highest BCUT2D eigenvalue weighted by molar-refractivity contribution is 6.09. The van der Waals surface area contributed by atoms with Crippen molar-refractivity contribution in [3.05, 3.63) is 167 Å². The lowest BCUT2D eigenvalue weighted by molar-refractivity contribution is 0.480. The summed E-state index contributed by atoms with van der Waals surface area (Å²) in [5, 5.41) is 2.39. The summed E-state index contributed by atoms with van der Waals surface area (Å²) in [6.07, 6.45) is 4.32. The van der Waals surface area contributed by atoms with E-state index in [0.717, 1.165) is 34.0 Å². The molecule has 1 aliphatic rings. The average molecular weight is 879 g/mol. The van der Waals surface area contributed by atoms with Gasteiger partial charge < -0.3 is 14.5 Å². The molecule has 0 saturated heterocycles. The van der Waals surface area contributed by atoms with Gasteiger partial charge in [-0.1, -0.05) is 160 Å².